The third-order valence-electron chi connectivity index (χ3n) is 4.62. The van der Waals surface area contributed by atoms with Gasteiger partial charge >= 0.3 is 0 Å². The minimum Gasteiger partial charge on any atom is -0.341 e. The Morgan fingerprint density at radius 3 is 2.84 bits per heavy atom. The predicted octanol–water partition coefficient (Wildman–Crippen LogP) is 3.09. The molecule has 7 heteroatoms. The number of likely N-dealkylation sites (tertiary alicyclic amines) is 1. The average Bonchev–Trinajstić information content (AvgIpc) is 3.28. The molecule has 0 saturated carbocycles. The number of aromatic amines is 1. The second-order valence-electron chi connectivity index (χ2n) is 6.74. The highest BCUT2D eigenvalue weighted by Gasteiger charge is 2.21. The number of nitrogens with zero attached hydrogens (tertiary/aromatic N) is 5. The molecule has 4 heterocycles. The lowest BCUT2D eigenvalue weighted by molar-refractivity contribution is 0.165. The number of nitrogens with one attached hydrogen (secondary N) is 1. The zero-order valence-corrected chi connectivity index (χ0v) is 15.2. The molecule has 3 aromatic heterocycles. The molecule has 1 aliphatic rings. The van der Waals surface area contributed by atoms with Crippen molar-refractivity contribution in [1.29, 1.82) is 0 Å². The molecule has 25 heavy (non-hydrogen) atoms. The summed E-state index contributed by atoms with van der Waals surface area (Å²) in [6.45, 7) is 5.22. The highest BCUT2D eigenvalue weighted by atomic mass is 32.1. The van der Waals surface area contributed by atoms with Gasteiger partial charge in [-0.1, -0.05) is 0 Å². The normalized spacial score (nSPS) is 18.5. The standard InChI is InChI=1S/C18H22N6S/c1-13-6-21-18(23-13)17-8-19-15(7-20-17)5-14-3-2-4-24(9-14)10-16-11-25-12-22-16/h6-8,11-12,14H,2-5,9-10H2,1H3,(H,21,23)/t14-/m1/s1. The summed E-state index contributed by atoms with van der Waals surface area (Å²) >= 11 is 1.67. The summed E-state index contributed by atoms with van der Waals surface area (Å²) in [6.07, 6.45) is 9.01. The molecule has 1 N–H and O–H groups in total. The Morgan fingerprint density at radius 1 is 1.16 bits per heavy atom. The van der Waals surface area contributed by atoms with Crippen LogP contribution in [0.5, 0.6) is 0 Å². The zero-order chi connectivity index (χ0) is 17.1. The monoisotopic (exact) mass is 354 g/mol. The van der Waals surface area contributed by atoms with E-state index in [0.29, 0.717) is 5.92 Å². The van der Waals surface area contributed by atoms with E-state index in [4.69, 9.17) is 0 Å². The summed E-state index contributed by atoms with van der Waals surface area (Å²) in [5.41, 5.74) is 5.99. The number of H-pyrrole nitrogens is 1. The number of aryl methyl sites for hydroxylation is 1. The maximum atomic E-state index is 4.61. The van der Waals surface area contributed by atoms with Crippen LogP contribution in [-0.4, -0.2) is 42.9 Å². The highest BCUT2D eigenvalue weighted by molar-refractivity contribution is 7.07. The Morgan fingerprint density at radius 2 is 2.12 bits per heavy atom. The number of imidazole rings is 1. The van der Waals surface area contributed by atoms with Crippen LogP contribution in [0.25, 0.3) is 11.5 Å². The molecule has 130 valence electrons. The van der Waals surface area contributed by atoms with E-state index in [1.165, 1.54) is 18.5 Å². The Bertz CT molecular complexity index is 795. The fourth-order valence-corrected chi connectivity index (χ4v) is 3.98. The van der Waals surface area contributed by atoms with Crippen LogP contribution >= 0.6 is 11.3 Å². The molecule has 0 unspecified atom stereocenters. The van der Waals surface area contributed by atoms with Crippen molar-refractivity contribution >= 4 is 11.3 Å². The molecule has 6 nitrogen and oxygen atoms in total. The van der Waals surface area contributed by atoms with Gasteiger partial charge in [-0.25, -0.2) is 15.0 Å². The number of aromatic nitrogens is 5. The third-order valence-corrected chi connectivity index (χ3v) is 5.26. The fraction of sp³-hybridized carbons (Fsp3) is 0.444. The van der Waals surface area contributed by atoms with E-state index in [-0.39, 0.29) is 0 Å². The molecule has 4 rings (SSSR count). The van der Waals surface area contributed by atoms with E-state index in [9.17, 15) is 0 Å². The Balaban J connectivity index is 1.36. The largest absolute Gasteiger partial charge is 0.341 e. The van der Waals surface area contributed by atoms with Gasteiger partial charge in [0.25, 0.3) is 0 Å². The lowest BCUT2D eigenvalue weighted by Gasteiger charge is -2.32. The van der Waals surface area contributed by atoms with E-state index in [2.05, 4.69) is 35.2 Å². The van der Waals surface area contributed by atoms with Crippen molar-refractivity contribution in [2.45, 2.75) is 32.7 Å². The number of thiazole rings is 1. The van der Waals surface area contributed by atoms with Gasteiger partial charge in [0, 0.05) is 36.6 Å². The second-order valence-corrected chi connectivity index (χ2v) is 7.45. The minimum absolute atomic E-state index is 0.637. The van der Waals surface area contributed by atoms with Crippen molar-refractivity contribution in [3.63, 3.8) is 0 Å². The summed E-state index contributed by atoms with van der Waals surface area (Å²) < 4.78 is 0. The van der Waals surface area contributed by atoms with Crippen molar-refractivity contribution in [1.82, 2.24) is 29.8 Å². The topological polar surface area (TPSA) is 70.6 Å². The van der Waals surface area contributed by atoms with Crippen LogP contribution in [0.1, 0.15) is 29.9 Å². The summed E-state index contributed by atoms with van der Waals surface area (Å²) in [6, 6.07) is 0. The van der Waals surface area contributed by atoms with Crippen LogP contribution in [0.2, 0.25) is 0 Å². The van der Waals surface area contributed by atoms with Gasteiger partial charge in [0.15, 0.2) is 5.82 Å². The molecule has 0 amide bonds. The second kappa shape index (κ2) is 7.41. The molecule has 1 fully saturated rings. The smallest absolute Gasteiger partial charge is 0.157 e. The third kappa shape index (κ3) is 4.11. The van der Waals surface area contributed by atoms with Crippen LogP contribution < -0.4 is 0 Å². The lowest BCUT2D eigenvalue weighted by atomic mass is 9.93. The zero-order valence-electron chi connectivity index (χ0n) is 14.4. The SMILES string of the molecule is Cc1cnc(-c2cnc(C[C@H]3CCCN(Cc4cscn4)C3)cn2)[nH]1. The quantitative estimate of drug-likeness (QED) is 0.762. The lowest BCUT2D eigenvalue weighted by Crippen LogP contribution is -2.35. The van der Waals surface area contributed by atoms with Crippen LogP contribution in [0.15, 0.2) is 29.5 Å². The summed E-state index contributed by atoms with van der Waals surface area (Å²) in [4.78, 5) is 23.6. The van der Waals surface area contributed by atoms with Gasteiger partial charge in [-0.05, 0) is 38.6 Å². The summed E-state index contributed by atoms with van der Waals surface area (Å²) in [5.74, 6) is 1.42. The van der Waals surface area contributed by atoms with Crippen molar-refractivity contribution < 1.29 is 0 Å². The average molecular weight is 354 g/mol. The molecule has 0 aromatic carbocycles. The molecule has 1 saturated heterocycles. The van der Waals surface area contributed by atoms with Gasteiger partial charge < -0.3 is 4.98 Å². The van der Waals surface area contributed by atoms with Gasteiger partial charge in [-0.3, -0.25) is 9.88 Å². The predicted molar refractivity (Wildman–Crippen MR) is 98.2 cm³/mol. The Hall–Kier alpha value is -2.12. The van der Waals surface area contributed by atoms with Gasteiger partial charge in [0.1, 0.15) is 5.69 Å². The minimum atomic E-state index is 0.637. The number of rotatable bonds is 5. The van der Waals surface area contributed by atoms with Crippen LogP contribution in [0.4, 0.5) is 0 Å². The van der Waals surface area contributed by atoms with E-state index in [0.717, 1.165) is 49.0 Å². The molecule has 1 atom stereocenters. The first-order chi connectivity index (χ1) is 12.3. The van der Waals surface area contributed by atoms with Gasteiger partial charge in [0.05, 0.1) is 23.1 Å². The first-order valence-electron chi connectivity index (χ1n) is 8.68. The molecule has 0 aliphatic carbocycles. The van der Waals surface area contributed by atoms with Crippen LogP contribution in [-0.2, 0) is 13.0 Å². The van der Waals surface area contributed by atoms with Gasteiger partial charge in [-0.2, -0.15) is 0 Å². The molecule has 1 aliphatic heterocycles. The van der Waals surface area contributed by atoms with E-state index in [1.54, 1.807) is 11.3 Å². The molecule has 3 aromatic rings. The van der Waals surface area contributed by atoms with Crippen molar-refractivity contribution in [3.8, 4) is 11.5 Å². The van der Waals surface area contributed by atoms with Gasteiger partial charge in [-0.15, -0.1) is 11.3 Å². The Kier molecular flexibility index (Phi) is 4.85. The first kappa shape index (κ1) is 16.4. The van der Waals surface area contributed by atoms with Gasteiger partial charge in [0.2, 0.25) is 0 Å². The molecule has 0 radical (unpaired) electrons. The maximum Gasteiger partial charge on any atom is 0.157 e. The summed E-state index contributed by atoms with van der Waals surface area (Å²) in [5, 5.41) is 2.14. The maximum absolute atomic E-state index is 4.61. The van der Waals surface area contributed by atoms with E-state index < -0.39 is 0 Å². The molecule has 0 bridgehead atoms. The molecular formula is C18H22N6S. The number of piperidine rings is 1. The number of hydrogen-bond donors (Lipinski definition) is 1. The fourth-order valence-electron chi connectivity index (χ4n) is 3.43. The van der Waals surface area contributed by atoms with Crippen molar-refractivity contribution in [2.24, 2.45) is 5.92 Å². The van der Waals surface area contributed by atoms with Crippen LogP contribution in [0.3, 0.4) is 0 Å². The summed E-state index contributed by atoms with van der Waals surface area (Å²) in [7, 11) is 0. The highest BCUT2D eigenvalue weighted by Crippen LogP contribution is 2.22. The first-order valence-corrected chi connectivity index (χ1v) is 9.63. The number of hydrogen-bond acceptors (Lipinski definition) is 6. The van der Waals surface area contributed by atoms with E-state index >= 15 is 0 Å². The molecular weight excluding hydrogens is 332 g/mol. The van der Waals surface area contributed by atoms with Crippen LogP contribution in [0, 0.1) is 12.8 Å². The van der Waals surface area contributed by atoms with E-state index in [1.807, 2.05) is 31.0 Å². The van der Waals surface area contributed by atoms with Crippen molar-refractivity contribution in [3.05, 3.63) is 46.6 Å². The Labute approximate surface area is 151 Å². The van der Waals surface area contributed by atoms with Crippen molar-refractivity contribution in [2.75, 3.05) is 13.1 Å². The molecule has 0 spiro atoms.